The van der Waals surface area contributed by atoms with Crippen LogP contribution in [0.1, 0.15) is 75.2 Å². The molecule has 0 radical (unpaired) electrons. The van der Waals surface area contributed by atoms with Gasteiger partial charge in [0.25, 0.3) is 11.8 Å². The lowest BCUT2D eigenvalue weighted by Gasteiger charge is -2.22. The molecule has 0 spiro atoms. The molecule has 3 aliphatic heterocycles. The molecule has 3 aliphatic rings. The number of aryl methyl sites for hydroxylation is 1. The zero-order chi connectivity index (χ0) is 42.8. The molecule has 0 bridgehead atoms. The molecule has 1 unspecified atom stereocenters. The van der Waals surface area contributed by atoms with Crippen LogP contribution in [0.15, 0.2) is 91.0 Å². The number of hydrogen-bond acceptors (Lipinski definition) is 10. The summed E-state index contributed by atoms with van der Waals surface area (Å²) in [5.74, 6) is 1.53. The number of nitrogens with one attached hydrogen (secondary N) is 3. The van der Waals surface area contributed by atoms with Gasteiger partial charge in [-0.25, -0.2) is 0 Å². The van der Waals surface area contributed by atoms with Gasteiger partial charge in [0.2, 0.25) is 5.91 Å². The Labute approximate surface area is 368 Å². The van der Waals surface area contributed by atoms with Gasteiger partial charge in [0.05, 0.1) is 41.5 Å². The Hall–Kier alpha value is -5.79. The smallest absolute Gasteiger partial charge is 0.260 e. The predicted molar refractivity (Wildman–Crippen MR) is 249 cm³/mol. The van der Waals surface area contributed by atoms with Gasteiger partial charge in [0, 0.05) is 53.5 Å². The van der Waals surface area contributed by atoms with Crippen LogP contribution in [0.25, 0.3) is 0 Å². The van der Waals surface area contributed by atoms with Crippen molar-refractivity contribution in [3.05, 3.63) is 130 Å². The average Bonchev–Trinajstić information content (AvgIpc) is 3.82. The van der Waals surface area contributed by atoms with Crippen LogP contribution < -0.4 is 40.0 Å². The summed E-state index contributed by atoms with van der Waals surface area (Å²) in [4.78, 5) is 44.8. The van der Waals surface area contributed by atoms with Crippen molar-refractivity contribution in [3.63, 3.8) is 0 Å². The van der Waals surface area contributed by atoms with Gasteiger partial charge >= 0.3 is 0 Å². The van der Waals surface area contributed by atoms with Crippen molar-refractivity contribution in [3.8, 4) is 17.2 Å². The Bertz CT molecular complexity index is 2500. The average molecular weight is 858 g/mol. The summed E-state index contributed by atoms with van der Waals surface area (Å²) in [5, 5.41) is 9.80. The molecular formula is C48H51N5O6S2. The normalized spacial score (nSPS) is 15.2. The number of ether oxygens (including phenoxy) is 3. The van der Waals surface area contributed by atoms with E-state index in [0.29, 0.717) is 77.2 Å². The maximum Gasteiger partial charge on any atom is 0.260 e. The quantitative estimate of drug-likeness (QED) is 0.0555. The summed E-state index contributed by atoms with van der Waals surface area (Å²) >= 11 is 9.01. The fourth-order valence-corrected chi connectivity index (χ4v) is 8.61. The summed E-state index contributed by atoms with van der Waals surface area (Å²) in [6.45, 7) is 7.40. The van der Waals surface area contributed by atoms with Gasteiger partial charge in [0.15, 0.2) is 11.5 Å². The number of anilines is 5. The standard InChI is InChI=1S/C48H51N5O6S2/c1-29-17-36(46(55)52-16-14-32-9-5-7-11-40(32)52)39(50-28-60)23-42(29)58-26-30-18-31(20-34(19-30)51-45(54)13-15-48(2,3)61)27-59-44-24-38-37(22-43(44)57-4)47(56)53-35(25-49-38)21-33-10-6-8-12-41(33)53/h5-12,17-20,22-24,35,49-50,60-61H,13-16,21,25-28H2,1-4H3,(H,51,54). The SMILES string of the molecule is COc1cc2c(cc1OCc1cc(COc3cc(NCS)c(C(=O)N4CCc5ccccc54)cc3C)cc(NC(=O)CCC(C)(C)S)c1)NCC1Cc3ccccc3N1C2=O. The van der Waals surface area contributed by atoms with Crippen LogP contribution in [0.4, 0.5) is 28.4 Å². The second-order valence-corrected chi connectivity index (χ2v) is 17.9. The molecule has 5 aromatic rings. The highest BCUT2D eigenvalue weighted by molar-refractivity contribution is 7.81. The molecule has 11 nitrogen and oxygen atoms in total. The highest BCUT2D eigenvalue weighted by Gasteiger charge is 2.38. The van der Waals surface area contributed by atoms with Gasteiger partial charge < -0.3 is 40.0 Å². The molecule has 0 saturated heterocycles. The van der Waals surface area contributed by atoms with Crippen LogP contribution in [0.5, 0.6) is 17.2 Å². The summed E-state index contributed by atoms with van der Waals surface area (Å²) < 4.78 is 18.4. The lowest BCUT2D eigenvalue weighted by molar-refractivity contribution is -0.116. The van der Waals surface area contributed by atoms with Gasteiger partial charge in [0.1, 0.15) is 19.0 Å². The fourth-order valence-electron chi connectivity index (χ4n) is 8.33. The molecular weight excluding hydrogens is 807 g/mol. The maximum absolute atomic E-state index is 14.0. The topological polar surface area (TPSA) is 121 Å². The lowest BCUT2D eigenvalue weighted by atomic mass is 10.1. The van der Waals surface area contributed by atoms with Gasteiger partial charge in [-0.05, 0) is 96.5 Å². The number of benzene rings is 5. The Morgan fingerprint density at radius 2 is 1.59 bits per heavy atom. The van der Waals surface area contributed by atoms with E-state index >= 15 is 0 Å². The highest BCUT2D eigenvalue weighted by atomic mass is 32.1. The van der Waals surface area contributed by atoms with Crippen molar-refractivity contribution < 1.29 is 28.6 Å². The molecule has 3 amide bonds. The first-order valence-corrected chi connectivity index (χ1v) is 21.6. The van der Waals surface area contributed by atoms with Crippen LogP contribution in [-0.2, 0) is 30.8 Å². The van der Waals surface area contributed by atoms with E-state index in [4.69, 9.17) is 14.2 Å². The third-order valence-electron chi connectivity index (χ3n) is 11.4. The van der Waals surface area contributed by atoms with Crippen molar-refractivity contribution in [2.45, 2.75) is 70.5 Å². The molecule has 0 fully saturated rings. The minimum Gasteiger partial charge on any atom is -0.493 e. The van der Waals surface area contributed by atoms with E-state index < -0.39 is 0 Å². The number of amides is 3. The minimum absolute atomic E-state index is 0.00626. The Kier molecular flexibility index (Phi) is 12.1. The second-order valence-electron chi connectivity index (χ2n) is 16.4. The van der Waals surface area contributed by atoms with Crippen molar-refractivity contribution in [1.82, 2.24) is 0 Å². The molecule has 1 atom stereocenters. The van der Waals surface area contributed by atoms with Gasteiger partial charge in [-0.3, -0.25) is 14.4 Å². The van der Waals surface area contributed by atoms with Crippen LogP contribution >= 0.6 is 25.3 Å². The number of thiol groups is 2. The Morgan fingerprint density at radius 1 is 0.885 bits per heavy atom. The first-order chi connectivity index (χ1) is 29.4. The number of nitrogens with zero attached hydrogens (tertiary/aromatic N) is 2. The molecule has 0 aromatic heterocycles. The van der Waals surface area contributed by atoms with E-state index in [1.165, 1.54) is 0 Å². The van der Waals surface area contributed by atoms with E-state index in [9.17, 15) is 14.4 Å². The fraction of sp³-hybridized carbons (Fsp3) is 0.312. The Balaban J connectivity index is 1.03. The molecule has 316 valence electrons. The Morgan fingerprint density at radius 3 is 2.31 bits per heavy atom. The molecule has 5 aromatic carbocycles. The lowest BCUT2D eigenvalue weighted by Crippen LogP contribution is -2.39. The molecule has 13 heteroatoms. The number of fused-ring (bicyclic) bond motifs is 5. The van der Waals surface area contributed by atoms with Gasteiger partial charge in [-0.2, -0.15) is 25.3 Å². The van der Waals surface area contributed by atoms with E-state index in [0.717, 1.165) is 52.0 Å². The zero-order valence-corrected chi connectivity index (χ0v) is 36.6. The van der Waals surface area contributed by atoms with Crippen LogP contribution in [0, 0.1) is 6.92 Å². The van der Waals surface area contributed by atoms with E-state index in [1.807, 2.05) is 103 Å². The number of methoxy groups -OCH3 is 1. The molecule has 8 rings (SSSR count). The molecule has 3 N–H and O–H groups in total. The third-order valence-corrected chi connectivity index (χ3v) is 11.8. The first-order valence-electron chi connectivity index (χ1n) is 20.6. The maximum atomic E-state index is 14.0. The predicted octanol–water partition coefficient (Wildman–Crippen LogP) is 9.09. The van der Waals surface area contributed by atoms with Gasteiger partial charge in [-0.1, -0.05) is 50.2 Å². The van der Waals surface area contributed by atoms with Gasteiger partial charge in [-0.15, -0.1) is 0 Å². The van der Waals surface area contributed by atoms with Crippen molar-refractivity contribution >= 4 is 71.4 Å². The summed E-state index contributed by atoms with van der Waals surface area (Å²) in [6.07, 6.45) is 2.50. The zero-order valence-electron chi connectivity index (χ0n) is 34.8. The van der Waals surface area contributed by atoms with Crippen LogP contribution in [-0.4, -0.2) is 54.6 Å². The summed E-state index contributed by atoms with van der Waals surface area (Å²) in [6, 6.07) is 29.1. The first kappa shape index (κ1) is 41.9. The molecule has 0 aliphatic carbocycles. The number of para-hydroxylation sites is 2. The third kappa shape index (κ3) is 9.13. The largest absolute Gasteiger partial charge is 0.493 e. The summed E-state index contributed by atoms with van der Waals surface area (Å²) in [5.41, 5.74) is 9.53. The summed E-state index contributed by atoms with van der Waals surface area (Å²) in [7, 11) is 1.56. The molecule has 61 heavy (non-hydrogen) atoms. The van der Waals surface area contributed by atoms with E-state index in [1.54, 1.807) is 13.2 Å². The van der Waals surface area contributed by atoms with Crippen molar-refractivity contribution in [2.24, 2.45) is 0 Å². The number of hydrogen-bond donors (Lipinski definition) is 5. The molecule has 3 heterocycles. The second kappa shape index (κ2) is 17.7. The minimum atomic E-state index is -0.295. The highest BCUT2D eigenvalue weighted by Crippen LogP contribution is 2.41. The van der Waals surface area contributed by atoms with E-state index in [-0.39, 0.29) is 41.7 Å². The van der Waals surface area contributed by atoms with E-state index in [2.05, 4.69) is 53.3 Å². The number of rotatable bonds is 14. The number of carbonyl (C=O) groups excluding carboxylic acids is 3. The van der Waals surface area contributed by atoms with Crippen molar-refractivity contribution in [2.75, 3.05) is 51.8 Å². The van der Waals surface area contributed by atoms with Crippen molar-refractivity contribution in [1.29, 1.82) is 0 Å². The monoisotopic (exact) mass is 857 g/mol. The molecule has 0 saturated carbocycles. The number of carbonyl (C=O) groups is 3. The van der Waals surface area contributed by atoms with Crippen LogP contribution in [0.2, 0.25) is 0 Å². The van der Waals surface area contributed by atoms with Crippen LogP contribution in [0.3, 0.4) is 0 Å².